The molecule has 0 aromatic carbocycles. The van der Waals surface area contributed by atoms with Crippen LogP contribution in [-0.2, 0) is 4.79 Å². The molecule has 4 rings (SSSR count). The number of hydrogen-bond donors (Lipinski definition) is 2. The van der Waals surface area contributed by atoms with E-state index in [1.807, 2.05) is 0 Å². The molecule has 3 aliphatic carbocycles. The minimum atomic E-state index is 0.0753. The molecule has 1 saturated heterocycles. The highest BCUT2D eigenvalue weighted by atomic mass is 16.4. The van der Waals surface area contributed by atoms with Crippen LogP contribution in [0.1, 0.15) is 98.8 Å². The summed E-state index contributed by atoms with van der Waals surface area (Å²) in [6.45, 7) is 12.9. The summed E-state index contributed by atoms with van der Waals surface area (Å²) >= 11 is 0. The zero-order valence-corrected chi connectivity index (χ0v) is 20.6. The van der Waals surface area contributed by atoms with Gasteiger partial charge >= 0.3 is 0 Å². The van der Waals surface area contributed by atoms with Crippen molar-refractivity contribution in [3.05, 3.63) is 0 Å². The lowest BCUT2D eigenvalue weighted by Crippen LogP contribution is -2.56. The minimum absolute atomic E-state index is 0.0753. The van der Waals surface area contributed by atoms with Crippen LogP contribution in [0, 0.1) is 52.3 Å². The highest BCUT2D eigenvalue weighted by Crippen LogP contribution is 2.67. The van der Waals surface area contributed by atoms with E-state index in [2.05, 4.69) is 45.1 Å². The molecular formula is C27H46N2O2. The first-order chi connectivity index (χ1) is 14.7. The molecule has 0 bridgehead atoms. The van der Waals surface area contributed by atoms with Gasteiger partial charge in [-0.25, -0.2) is 0 Å². The zero-order chi connectivity index (χ0) is 22.4. The number of carbonyl (C=O) groups is 1. The quantitative estimate of drug-likeness (QED) is 0.398. The topological polar surface area (TPSA) is 61.7 Å². The Morgan fingerprint density at radius 2 is 1.81 bits per heavy atom. The molecule has 8 atom stereocenters. The van der Waals surface area contributed by atoms with E-state index in [0.717, 1.165) is 42.2 Å². The fraction of sp³-hybridized carbons (Fsp3) is 0.926. The van der Waals surface area contributed by atoms with E-state index in [-0.39, 0.29) is 17.2 Å². The average molecular weight is 431 g/mol. The molecule has 4 heteroatoms. The van der Waals surface area contributed by atoms with Gasteiger partial charge < -0.3 is 10.5 Å². The molecular weight excluding hydrogens is 384 g/mol. The molecule has 1 heterocycles. The summed E-state index contributed by atoms with van der Waals surface area (Å²) in [4.78, 5) is 12.2. The maximum Gasteiger partial charge on any atom is 0.220 e. The Kier molecular flexibility index (Phi) is 6.49. The van der Waals surface area contributed by atoms with Crippen molar-refractivity contribution >= 4 is 11.6 Å². The van der Waals surface area contributed by atoms with Crippen molar-refractivity contribution < 1.29 is 10.0 Å². The Labute approximate surface area is 190 Å². The van der Waals surface area contributed by atoms with Gasteiger partial charge in [0.2, 0.25) is 5.91 Å². The molecule has 31 heavy (non-hydrogen) atoms. The third kappa shape index (κ3) is 3.95. The average Bonchev–Trinajstić information content (AvgIpc) is 2.99. The number of fused-ring (bicyclic) bond motifs is 5. The summed E-state index contributed by atoms with van der Waals surface area (Å²) in [5.74, 6) is 4.83. The number of amides is 1. The standard InChI is InChI=1S/C27H46N2O2/c1-17(2)7-6-8-18(3)20-9-10-21-19-15-24(29-31)23-16-28-25(30)12-14-27(23,5)22(19)11-13-26(20,21)4/h17-23,31H,6-16H2,1-5H3,(H,28,30)/b29-24+/t18-,19+,20-,21+,22+,23-,26-,27-/m1/s1. The highest BCUT2D eigenvalue weighted by molar-refractivity contribution is 5.89. The first-order valence-corrected chi connectivity index (χ1v) is 13.2. The summed E-state index contributed by atoms with van der Waals surface area (Å²) in [5, 5.41) is 16.9. The van der Waals surface area contributed by atoms with E-state index in [0.29, 0.717) is 30.2 Å². The van der Waals surface area contributed by atoms with Crippen LogP contribution in [0.4, 0.5) is 0 Å². The van der Waals surface area contributed by atoms with Gasteiger partial charge in [0.25, 0.3) is 0 Å². The Morgan fingerprint density at radius 3 is 2.52 bits per heavy atom. The molecule has 2 N–H and O–H groups in total. The SMILES string of the molecule is CC(C)CCC[C@@H](C)[C@H]1CC[C@H]2[C@@H]3C/C(=N\O)[C@H]4CNC(=O)CC[C@]4(C)[C@H]3CC[C@]12C. The molecule has 1 amide bonds. The lowest BCUT2D eigenvalue weighted by molar-refractivity contribution is -0.121. The molecule has 0 radical (unpaired) electrons. The van der Waals surface area contributed by atoms with Crippen molar-refractivity contribution in [2.24, 2.45) is 57.4 Å². The fourth-order valence-electron chi connectivity index (χ4n) is 8.95. The first kappa shape index (κ1) is 23.1. The summed E-state index contributed by atoms with van der Waals surface area (Å²) in [6, 6.07) is 0. The van der Waals surface area contributed by atoms with Gasteiger partial charge in [0.15, 0.2) is 0 Å². The Morgan fingerprint density at radius 1 is 1.06 bits per heavy atom. The number of nitrogens with one attached hydrogen (secondary N) is 1. The largest absolute Gasteiger partial charge is 0.411 e. The number of rotatable bonds is 5. The molecule has 176 valence electrons. The smallest absolute Gasteiger partial charge is 0.220 e. The van der Waals surface area contributed by atoms with Crippen LogP contribution in [0.3, 0.4) is 0 Å². The Bertz CT molecular complexity index is 703. The second-order valence-corrected chi connectivity index (χ2v) is 12.6. The third-order valence-electron chi connectivity index (χ3n) is 10.7. The fourth-order valence-corrected chi connectivity index (χ4v) is 8.95. The molecule has 1 aliphatic heterocycles. The predicted octanol–water partition coefficient (Wildman–Crippen LogP) is 6.27. The van der Waals surface area contributed by atoms with Gasteiger partial charge in [0.1, 0.15) is 0 Å². The van der Waals surface area contributed by atoms with Crippen LogP contribution in [-0.4, -0.2) is 23.4 Å². The van der Waals surface area contributed by atoms with Gasteiger partial charge in [0, 0.05) is 18.9 Å². The van der Waals surface area contributed by atoms with Gasteiger partial charge in [0.05, 0.1) is 5.71 Å². The molecule has 0 aromatic heterocycles. The highest BCUT2D eigenvalue weighted by Gasteiger charge is 2.61. The van der Waals surface area contributed by atoms with Crippen LogP contribution >= 0.6 is 0 Å². The van der Waals surface area contributed by atoms with Crippen LogP contribution in [0.15, 0.2) is 5.16 Å². The monoisotopic (exact) mass is 430 g/mol. The van der Waals surface area contributed by atoms with Crippen molar-refractivity contribution in [1.29, 1.82) is 0 Å². The number of hydrogen-bond acceptors (Lipinski definition) is 3. The van der Waals surface area contributed by atoms with Crippen LogP contribution in [0.2, 0.25) is 0 Å². The van der Waals surface area contributed by atoms with E-state index in [4.69, 9.17) is 0 Å². The third-order valence-corrected chi connectivity index (χ3v) is 10.7. The van der Waals surface area contributed by atoms with E-state index in [1.54, 1.807) is 0 Å². The van der Waals surface area contributed by atoms with Crippen LogP contribution < -0.4 is 5.32 Å². The molecule has 4 fully saturated rings. The maximum absolute atomic E-state index is 12.2. The summed E-state index contributed by atoms with van der Waals surface area (Å²) in [6.07, 6.45) is 11.9. The second kappa shape index (κ2) is 8.71. The van der Waals surface area contributed by atoms with E-state index in [1.165, 1.54) is 44.9 Å². The number of nitrogens with zero attached hydrogens (tertiary/aromatic N) is 1. The van der Waals surface area contributed by atoms with E-state index < -0.39 is 0 Å². The van der Waals surface area contributed by atoms with E-state index >= 15 is 0 Å². The van der Waals surface area contributed by atoms with Gasteiger partial charge in [-0.2, -0.15) is 0 Å². The summed E-state index contributed by atoms with van der Waals surface area (Å²) < 4.78 is 0. The Balaban J connectivity index is 1.55. The summed E-state index contributed by atoms with van der Waals surface area (Å²) in [5.41, 5.74) is 1.47. The van der Waals surface area contributed by atoms with Gasteiger partial charge in [-0.15, -0.1) is 0 Å². The summed E-state index contributed by atoms with van der Waals surface area (Å²) in [7, 11) is 0. The first-order valence-electron chi connectivity index (χ1n) is 13.2. The van der Waals surface area contributed by atoms with Crippen molar-refractivity contribution in [2.75, 3.05) is 6.54 Å². The van der Waals surface area contributed by atoms with Gasteiger partial charge in [-0.05, 0) is 84.9 Å². The molecule has 4 aliphatic rings. The molecule has 4 nitrogen and oxygen atoms in total. The lowest BCUT2D eigenvalue weighted by Gasteiger charge is -2.59. The van der Waals surface area contributed by atoms with E-state index in [9.17, 15) is 10.0 Å². The number of oxime groups is 1. The maximum atomic E-state index is 12.2. The number of carbonyl (C=O) groups excluding carboxylic acids is 1. The van der Waals surface area contributed by atoms with Crippen molar-refractivity contribution in [2.45, 2.75) is 98.8 Å². The molecule has 0 aromatic rings. The normalized spacial score (nSPS) is 44.9. The van der Waals surface area contributed by atoms with Crippen molar-refractivity contribution in [1.82, 2.24) is 5.32 Å². The Hall–Kier alpha value is -1.06. The minimum Gasteiger partial charge on any atom is -0.411 e. The second-order valence-electron chi connectivity index (χ2n) is 12.6. The molecule has 3 saturated carbocycles. The van der Waals surface area contributed by atoms with Gasteiger partial charge in [-0.3, -0.25) is 4.79 Å². The molecule has 0 unspecified atom stereocenters. The molecule has 0 spiro atoms. The predicted molar refractivity (Wildman–Crippen MR) is 126 cm³/mol. The zero-order valence-electron chi connectivity index (χ0n) is 20.6. The lowest BCUT2D eigenvalue weighted by atomic mass is 9.45. The van der Waals surface area contributed by atoms with Crippen molar-refractivity contribution in [3.8, 4) is 0 Å². The van der Waals surface area contributed by atoms with Crippen LogP contribution in [0.25, 0.3) is 0 Å². The van der Waals surface area contributed by atoms with Crippen LogP contribution in [0.5, 0.6) is 0 Å². The van der Waals surface area contributed by atoms with Gasteiger partial charge in [-0.1, -0.05) is 59.0 Å². The van der Waals surface area contributed by atoms with Crippen molar-refractivity contribution in [3.63, 3.8) is 0 Å².